The number of aromatic nitrogens is 2. The van der Waals surface area contributed by atoms with Crippen molar-refractivity contribution in [3.05, 3.63) is 20.3 Å². The first-order valence-electron chi connectivity index (χ1n) is 5.98. The van der Waals surface area contributed by atoms with Crippen molar-refractivity contribution in [3.8, 4) is 0 Å². The van der Waals surface area contributed by atoms with Crippen LogP contribution in [0.4, 0.5) is 5.82 Å². The Balaban J connectivity index is 2.03. The van der Waals surface area contributed by atoms with Crippen molar-refractivity contribution >= 4 is 28.4 Å². The molecule has 2 rings (SSSR count). The van der Waals surface area contributed by atoms with Crippen LogP contribution in [-0.4, -0.2) is 16.0 Å². The molecule has 1 aliphatic rings. The predicted octanol–water partition coefficient (Wildman–Crippen LogP) is 2.76. The third kappa shape index (κ3) is 3.20. The summed E-state index contributed by atoms with van der Waals surface area (Å²) in [5, 5.41) is 3.39. The quantitative estimate of drug-likeness (QED) is 0.809. The molecule has 2 N–H and O–H groups in total. The minimum atomic E-state index is -0.0701. The molecule has 94 valence electrons. The van der Waals surface area contributed by atoms with Crippen molar-refractivity contribution in [3.63, 3.8) is 0 Å². The standard InChI is InChI=1S/C12H18IN3O/c1-12(2)5-3-8(4-6-12)16-10-9(13)11(17)15-7-14-10/h7-8H,3-6H2,1-2H3,(H2,14,15,16,17). The molecule has 1 aromatic heterocycles. The van der Waals surface area contributed by atoms with Crippen LogP contribution in [0, 0.1) is 8.99 Å². The number of halogens is 1. The van der Waals surface area contributed by atoms with E-state index in [-0.39, 0.29) is 5.56 Å². The second-order valence-electron chi connectivity index (χ2n) is 5.48. The van der Waals surface area contributed by atoms with Crippen LogP contribution in [0.3, 0.4) is 0 Å². The van der Waals surface area contributed by atoms with Gasteiger partial charge in [-0.05, 0) is 53.7 Å². The maximum Gasteiger partial charge on any atom is 0.266 e. The summed E-state index contributed by atoms with van der Waals surface area (Å²) in [5.74, 6) is 0.721. The van der Waals surface area contributed by atoms with Gasteiger partial charge in [-0.1, -0.05) is 13.8 Å². The summed E-state index contributed by atoms with van der Waals surface area (Å²) in [6.45, 7) is 4.64. The first-order chi connectivity index (χ1) is 7.98. The lowest BCUT2D eigenvalue weighted by molar-refractivity contribution is 0.232. The van der Waals surface area contributed by atoms with Gasteiger partial charge in [-0.25, -0.2) is 4.98 Å². The molecule has 0 bridgehead atoms. The molecule has 1 saturated carbocycles. The molecule has 5 heteroatoms. The molecule has 1 aromatic rings. The lowest BCUT2D eigenvalue weighted by atomic mass is 9.75. The van der Waals surface area contributed by atoms with E-state index in [2.05, 4.69) is 29.1 Å². The van der Waals surface area contributed by atoms with Crippen molar-refractivity contribution in [1.29, 1.82) is 0 Å². The second kappa shape index (κ2) is 4.96. The van der Waals surface area contributed by atoms with Gasteiger partial charge in [-0.2, -0.15) is 0 Å². The van der Waals surface area contributed by atoms with Gasteiger partial charge in [0, 0.05) is 6.04 Å². The summed E-state index contributed by atoms with van der Waals surface area (Å²) in [4.78, 5) is 18.2. The fraction of sp³-hybridized carbons (Fsp3) is 0.667. The lowest BCUT2D eigenvalue weighted by Gasteiger charge is -2.34. The first-order valence-corrected chi connectivity index (χ1v) is 7.05. The van der Waals surface area contributed by atoms with E-state index in [0.717, 1.165) is 18.7 Å². The van der Waals surface area contributed by atoms with Gasteiger partial charge in [0.15, 0.2) is 0 Å². The van der Waals surface area contributed by atoms with E-state index in [4.69, 9.17) is 0 Å². The summed E-state index contributed by atoms with van der Waals surface area (Å²) in [7, 11) is 0. The van der Waals surface area contributed by atoms with E-state index in [1.807, 2.05) is 22.6 Å². The van der Waals surface area contributed by atoms with Crippen LogP contribution in [0.5, 0.6) is 0 Å². The number of hydrogen-bond acceptors (Lipinski definition) is 3. The first kappa shape index (κ1) is 12.9. The molecule has 0 aliphatic heterocycles. The van der Waals surface area contributed by atoms with Crippen molar-refractivity contribution in [2.45, 2.75) is 45.6 Å². The maximum absolute atomic E-state index is 11.4. The number of aromatic amines is 1. The molecule has 17 heavy (non-hydrogen) atoms. The second-order valence-corrected chi connectivity index (χ2v) is 6.56. The molecular formula is C12H18IN3O. The van der Waals surface area contributed by atoms with Crippen LogP contribution in [0.2, 0.25) is 0 Å². The van der Waals surface area contributed by atoms with E-state index < -0.39 is 0 Å². The van der Waals surface area contributed by atoms with Crippen molar-refractivity contribution in [1.82, 2.24) is 9.97 Å². The molecule has 0 atom stereocenters. The van der Waals surface area contributed by atoms with Gasteiger partial charge in [0.1, 0.15) is 9.39 Å². The normalized spacial score (nSPS) is 20.2. The maximum atomic E-state index is 11.4. The van der Waals surface area contributed by atoms with E-state index in [0.29, 0.717) is 15.0 Å². The van der Waals surface area contributed by atoms with Crippen LogP contribution in [0.25, 0.3) is 0 Å². The Labute approximate surface area is 115 Å². The van der Waals surface area contributed by atoms with Crippen LogP contribution < -0.4 is 10.9 Å². The average molecular weight is 347 g/mol. The smallest absolute Gasteiger partial charge is 0.266 e. The fourth-order valence-electron chi connectivity index (χ4n) is 2.22. The molecule has 0 amide bonds. The molecule has 1 fully saturated rings. The number of H-pyrrole nitrogens is 1. The molecular weight excluding hydrogens is 329 g/mol. The molecule has 0 spiro atoms. The number of anilines is 1. The molecule has 1 aliphatic carbocycles. The van der Waals surface area contributed by atoms with Crippen LogP contribution in [-0.2, 0) is 0 Å². The average Bonchev–Trinajstić information content (AvgIpc) is 2.27. The van der Waals surface area contributed by atoms with E-state index in [9.17, 15) is 4.79 Å². The van der Waals surface area contributed by atoms with Crippen LogP contribution in [0.1, 0.15) is 39.5 Å². The van der Waals surface area contributed by atoms with Gasteiger partial charge in [-0.3, -0.25) is 4.79 Å². The number of rotatable bonds is 2. The summed E-state index contributed by atoms with van der Waals surface area (Å²) in [5.41, 5.74) is 0.395. The summed E-state index contributed by atoms with van der Waals surface area (Å²) in [6, 6.07) is 0.450. The fourth-order valence-corrected chi connectivity index (χ4v) is 2.67. The van der Waals surface area contributed by atoms with Crippen molar-refractivity contribution in [2.24, 2.45) is 5.41 Å². The largest absolute Gasteiger partial charge is 0.366 e. The third-order valence-electron chi connectivity index (χ3n) is 3.48. The Kier molecular flexibility index (Phi) is 3.75. The van der Waals surface area contributed by atoms with Gasteiger partial charge in [0.2, 0.25) is 0 Å². The van der Waals surface area contributed by atoms with E-state index in [1.165, 1.54) is 19.2 Å². The number of nitrogens with zero attached hydrogens (tertiary/aromatic N) is 1. The van der Waals surface area contributed by atoms with Gasteiger partial charge in [0.05, 0.1) is 6.33 Å². The lowest BCUT2D eigenvalue weighted by Crippen LogP contribution is -2.31. The van der Waals surface area contributed by atoms with Crippen molar-refractivity contribution < 1.29 is 0 Å². The Morgan fingerprint density at radius 3 is 2.76 bits per heavy atom. The topological polar surface area (TPSA) is 57.8 Å². The Morgan fingerprint density at radius 1 is 1.47 bits per heavy atom. The zero-order valence-electron chi connectivity index (χ0n) is 10.2. The monoisotopic (exact) mass is 347 g/mol. The number of hydrogen-bond donors (Lipinski definition) is 2. The van der Waals surface area contributed by atoms with E-state index >= 15 is 0 Å². The Hall–Kier alpha value is -0.590. The minimum absolute atomic E-state index is 0.0701. The minimum Gasteiger partial charge on any atom is -0.366 e. The van der Waals surface area contributed by atoms with E-state index in [1.54, 1.807) is 0 Å². The van der Waals surface area contributed by atoms with Gasteiger partial charge in [0.25, 0.3) is 5.56 Å². The molecule has 0 aromatic carbocycles. The highest BCUT2D eigenvalue weighted by molar-refractivity contribution is 14.1. The molecule has 0 radical (unpaired) electrons. The highest BCUT2D eigenvalue weighted by Gasteiger charge is 2.27. The number of nitrogens with one attached hydrogen (secondary N) is 2. The Bertz CT molecular complexity index is 445. The summed E-state index contributed by atoms with van der Waals surface area (Å²) < 4.78 is 0.648. The zero-order valence-corrected chi connectivity index (χ0v) is 12.4. The highest BCUT2D eigenvalue weighted by atomic mass is 127. The predicted molar refractivity (Wildman–Crippen MR) is 77.2 cm³/mol. The Morgan fingerprint density at radius 2 is 2.12 bits per heavy atom. The SMILES string of the molecule is CC1(C)CCC(Nc2nc[nH]c(=O)c2I)CC1. The summed E-state index contributed by atoms with van der Waals surface area (Å²) in [6.07, 6.45) is 6.21. The summed E-state index contributed by atoms with van der Waals surface area (Å²) >= 11 is 2.04. The molecule has 0 saturated heterocycles. The van der Waals surface area contributed by atoms with Gasteiger partial charge in [-0.15, -0.1) is 0 Å². The van der Waals surface area contributed by atoms with Crippen LogP contribution >= 0.6 is 22.6 Å². The van der Waals surface area contributed by atoms with Crippen LogP contribution in [0.15, 0.2) is 11.1 Å². The van der Waals surface area contributed by atoms with Gasteiger partial charge >= 0.3 is 0 Å². The van der Waals surface area contributed by atoms with Gasteiger partial charge < -0.3 is 10.3 Å². The van der Waals surface area contributed by atoms with Crippen molar-refractivity contribution in [2.75, 3.05) is 5.32 Å². The molecule has 0 unspecified atom stereocenters. The molecule has 4 nitrogen and oxygen atoms in total. The zero-order chi connectivity index (χ0) is 12.5. The molecule has 1 heterocycles. The highest BCUT2D eigenvalue weighted by Crippen LogP contribution is 2.36. The third-order valence-corrected chi connectivity index (χ3v) is 4.48.